The van der Waals surface area contributed by atoms with Crippen LogP contribution >= 0.6 is 11.8 Å². The van der Waals surface area contributed by atoms with Gasteiger partial charge in [0, 0.05) is 0 Å². The third-order valence-corrected chi connectivity index (χ3v) is 7.24. The predicted molar refractivity (Wildman–Crippen MR) is 124 cm³/mol. The van der Waals surface area contributed by atoms with E-state index in [1.54, 1.807) is 0 Å². The lowest BCUT2D eigenvalue weighted by Crippen LogP contribution is -2.53. The van der Waals surface area contributed by atoms with Gasteiger partial charge in [-0.05, 0) is 51.3 Å². The number of hydrogen-bond donors (Lipinski definition) is 2. The number of ether oxygens (including phenoxy) is 4. The van der Waals surface area contributed by atoms with Crippen molar-refractivity contribution < 1.29 is 48.0 Å². The molecule has 198 valence electrons. The van der Waals surface area contributed by atoms with Crippen molar-refractivity contribution in [2.24, 2.45) is 11.8 Å². The van der Waals surface area contributed by atoms with Crippen LogP contribution in [-0.4, -0.2) is 58.8 Å². The quantitative estimate of drug-likeness (QED) is 0.319. The first-order valence-corrected chi connectivity index (χ1v) is 12.8. The number of carboxylic acid groups (broad SMARTS) is 1. The molecular weight excluding hydrogens is 482 g/mol. The van der Waals surface area contributed by atoms with Crippen LogP contribution in [0.1, 0.15) is 78.1 Å². The number of alkyl carbamates (subject to hydrolysis) is 1. The van der Waals surface area contributed by atoms with Crippen LogP contribution in [0.5, 0.6) is 0 Å². The molecule has 2 aliphatic rings. The number of hydrogen-bond acceptors (Lipinski definition) is 10. The van der Waals surface area contributed by atoms with Gasteiger partial charge in [-0.3, -0.25) is 9.59 Å². The molecule has 11 nitrogen and oxygen atoms in total. The average Bonchev–Trinajstić information content (AvgIpc) is 2.82. The van der Waals surface area contributed by atoms with Gasteiger partial charge in [0.2, 0.25) is 13.6 Å². The van der Waals surface area contributed by atoms with Crippen LogP contribution in [-0.2, 0) is 33.3 Å². The predicted octanol–water partition coefficient (Wildman–Crippen LogP) is 3.98. The molecule has 2 saturated carbocycles. The third kappa shape index (κ3) is 9.95. The zero-order chi connectivity index (χ0) is 25.8. The highest BCUT2D eigenvalue weighted by Gasteiger charge is 2.40. The fourth-order valence-electron chi connectivity index (χ4n) is 4.18. The van der Waals surface area contributed by atoms with Gasteiger partial charge >= 0.3 is 29.3 Å². The Morgan fingerprint density at radius 2 is 1.26 bits per heavy atom. The summed E-state index contributed by atoms with van der Waals surface area (Å²) in [6.45, 7) is 1.64. The number of thioether (sulfide) groups is 1. The zero-order valence-electron chi connectivity index (χ0n) is 20.2. The van der Waals surface area contributed by atoms with Crippen LogP contribution in [0.25, 0.3) is 0 Å². The minimum atomic E-state index is -1.54. The SMILES string of the molecule is CC(C)(SC(=O)OCOC(=O)C1CCCCC1)[C@@H](NC(=O)OCOC(=O)C1CCCCC1)C(=O)O. The number of carbonyl (C=O) groups excluding carboxylic acids is 4. The Bertz CT molecular complexity index is 759. The molecule has 1 amide bonds. The highest BCUT2D eigenvalue weighted by molar-refractivity contribution is 8.14. The largest absolute Gasteiger partial charge is 0.480 e. The van der Waals surface area contributed by atoms with Crippen LogP contribution in [0.3, 0.4) is 0 Å². The smallest absolute Gasteiger partial charge is 0.410 e. The van der Waals surface area contributed by atoms with E-state index in [9.17, 15) is 29.1 Å². The number of amides is 1. The minimum absolute atomic E-state index is 0.194. The topological polar surface area (TPSA) is 155 Å². The lowest BCUT2D eigenvalue weighted by atomic mass is 9.89. The maximum Gasteiger partial charge on any atom is 0.410 e. The Hall–Kier alpha value is -2.50. The summed E-state index contributed by atoms with van der Waals surface area (Å²) < 4.78 is 18.3. The van der Waals surface area contributed by atoms with E-state index in [0.29, 0.717) is 11.8 Å². The Labute approximate surface area is 208 Å². The molecular formula is C23H35NO10S. The average molecular weight is 518 g/mol. The van der Waals surface area contributed by atoms with Crippen LogP contribution in [0, 0.1) is 11.8 Å². The van der Waals surface area contributed by atoms with Gasteiger partial charge in [0.1, 0.15) is 6.04 Å². The molecule has 12 heteroatoms. The lowest BCUT2D eigenvalue weighted by molar-refractivity contribution is -0.159. The van der Waals surface area contributed by atoms with Gasteiger partial charge in [0.25, 0.3) is 0 Å². The maximum atomic E-state index is 12.2. The van der Waals surface area contributed by atoms with Crippen molar-refractivity contribution in [2.45, 2.75) is 88.8 Å². The van der Waals surface area contributed by atoms with Gasteiger partial charge in [0.15, 0.2) is 0 Å². The molecule has 2 rings (SSSR count). The first-order valence-electron chi connectivity index (χ1n) is 12.0. The van der Waals surface area contributed by atoms with Crippen molar-refractivity contribution >= 4 is 41.1 Å². The van der Waals surface area contributed by atoms with Crippen molar-refractivity contribution in [1.82, 2.24) is 5.32 Å². The van der Waals surface area contributed by atoms with Gasteiger partial charge in [-0.2, -0.15) is 0 Å². The second kappa shape index (κ2) is 14.2. The maximum absolute atomic E-state index is 12.2. The second-order valence-corrected chi connectivity index (χ2v) is 10.9. The summed E-state index contributed by atoms with van der Waals surface area (Å²) in [5, 5.41) is 10.9. The standard InChI is InChI=1S/C23H35NO10S/c1-23(2,35-22(30)34-14-32-20(28)16-11-7-4-8-12-16)17(18(25)26)24-21(29)33-13-31-19(27)15-9-5-3-6-10-15/h15-17H,3-14H2,1-2H3,(H,24,29)(H,25,26)/t17-/m0/s1. The van der Waals surface area contributed by atoms with Gasteiger partial charge in [-0.1, -0.05) is 38.5 Å². The van der Waals surface area contributed by atoms with Crippen molar-refractivity contribution in [3.8, 4) is 0 Å². The first-order chi connectivity index (χ1) is 16.6. The monoisotopic (exact) mass is 517 g/mol. The molecule has 0 unspecified atom stereocenters. The van der Waals surface area contributed by atoms with Crippen molar-refractivity contribution in [3.63, 3.8) is 0 Å². The Morgan fingerprint density at radius 3 is 1.71 bits per heavy atom. The van der Waals surface area contributed by atoms with Crippen molar-refractivity contribution in [3.05, 3.63) is 0 Å². The van der Waals surface area contributed by atoms with Gasteiger partial charge in [0.05, 0.1) is 16.6 Å². The molecule has 0 bridgehead atoms. The molecule has 1 atom stereocenters. The van der Waals surface area contributed by atoms with E-state index in [0.717, 1.165) is 64.2 Å². The van der Waals surface area contributed by atoms with Crippen LogP contribution in [0.15, 0.2) is 0 Å². The lowest BCUT2D eigenvalue weighted by Gasteiger charge is -2.29. The van der Waals surface area contributed by atoms with E-state index in [1.807, 2.05) is 0 Å². The van der Waals surface area contributed by atoms with Crippen LogP contribution < -0.4 is 5.32 Å². The molecule has 0 aromatic rings. The second-order valence-electron chi connectivity index (χ2n) is 9.28. The van der Waals surface area contributed by atoms with E-state index in [4.69, 9.17) is 18.9 Å². The summed E-state index contributed by atoms with van der Waals surface area (Å²) in [6, 6.07) is -1.54. The fraction of sp³-hybridized carbons (Fsp3) is 0.783. The first kappa shape index (κ1) is 28.7. The van der Waals surface area contributed by atoms with E-state index in [-0.39, 0.29) is 11.8 Å². The molecule has 2 fully saturated rings. The summed E-state index contributed by atoms with van der Waals surface area (Å²) >= 11 is 0.526. The summed E-state index contributed by atoms with van der Waals surface area (Å²) in [5.74, 6) is -2.69. The van der Waals surface area contributed by atoms with Crippen LogP contribution in [0.2, 0.25) is 0 Å². The fourth-order valence-corrected chi connectivity index (χ4v) is 5.00. The molecule has 0 spiro atoms. The number of rotatable bonds is 10. The summed E-state index contributed by atoms with van der Waals surface area (Å²) in [7, 11) is 0. The Balaban J connectivity index is 1.74. The summed E-state index contributed by atoms with van der Waals surface area (Å²) in [5.41, 5.74) is 0. The molecule has 0 aliphatic heterocycles. The Morgan fingerprint density at radius 1 is 0.800 bits per heavy atom. The Kier molecular flexibility index (Phi) is 11.6. The van der Waals surface area contributed by atoms with E-state index < -0.39 is 53.7 Å². The van der Waals surface area contributed by atoms with Crippen molar-refractivity contribution in [2.75, 3.05) is 13.6 Å². The molecule has 2 N–H and O–H groups in total. The molecule has 0 heterocycles. The normalized spacial score (nSPS) is 18.1. The van der Waals surface area contributed by atoms with Gasteiger partial charge < -0.3 is 29.4 Å². The third-order valence-electron chi connectivity index (χ3n) is 6.20. The molecule has 35 heavy (non-hydrogen) atoms. The molecule has 0 saturated heterocycles. The van der Waals surface area contributed by atoms with Crippen molar-refractivity contribution in [1.29, 1.82) is 0 Å². The van der Waals surface area contributed by atoms with Gasteiger partial charge in [-0.25, -0.2) is 14.4 Å². The van der Waals surface area contributed by atoms with E-state index in [2.05, 4.69) is 5.32 Å². The molecule has 0 aromatic carbocycles. The summed E-state index contributed by atoms with van der Waals surface area (Å²) in [6.07, 6.45) is 7.80. The highest BCUT2D eigenvalue weighted by Crippen LogP contribution is 2.31. The summed E-state index contributed by atoms with van der Waals surface area (Å²) in [4.78, 5) is 60.0. The van der Waals surface area contributed by atoms with Gasteiger partial charge in [-0.15, -0.1) is 0 Å². The number of esters is 2. The van der Waals surface area contributed by atoms with E-state index >= 15 is 0 Å². The molecule has 0 aromatic heterocycles. The number of carbonyl (C=O) groups is 5. The highest BCUT2D eigenvalue weighted by atomic mass is 32.2. The zero-order valence-corrected chi connectivity index (χ0v) is 21.1. The minimum Gasteiger partial charge on any atom is -0.480 e. The van der Waals surface area contributed by atoms with E-state index in [1.165, 1.54) is 13.8 Å². The molecule has 2 aliphatic carbocycles. The van der Waals surface area contributed by atoms with Crippen LogP contribution in [0.4, 0.5) is 9.59 Å². The molecule has 0 radical (unpaired) electrons. The number of carboxylic acids is 1. The number of nitrogens with one attached hydrogen (secondary N) is 1. The number of aliphatic carboxylic acids is 1.